The fourth-order valence-electron chi connectivity index (χ4n) is 2.59. The molecule has 0 radical (unpaired) electrons. The van der Waals surface area contributed by atoms with Crippen LogP contribution in [-0.4, -0.2) is 28.8 Å². The maximum atomic E-state index is 12.2. The lowest BCUT2D eigenvalue weighted by atomic mass is 10.1. The van der Waals surface area contributed by atoms with E-state index in [2.05, 4.69) is 16.0 Å². The molecule has 0 aliphatic rings. The molecule has 0 aromatic heterocycles. The standard InChI is InChI=1S/C20H19N3O5/c1-11(24)10-21-20(28)13-8-5-9-14(17(13)25)23-16-15(18(26)19(16)27)22-12-6-3-2-4-7-12/h2-9,11,22-25H,10H2,1H3,(H,21,28)/t11-/m1/s1. The largest absolute Gasteiger partial charge is 0.505 e. The Labute approximate surface area is 160 Å². The van der Waals surface area contributed by atoms with Gasteiger partial charge in [0.25, 0.3) is 16.8 Å². The molecule has 5 N–H and O–H groups in total. The topological polar surface area (TPSA) is 128 Å². The number of aliphatic hydroxyl groups excluding tert-OH is 1. The van der Waals surface area contributed by atoms with Crippen molar-refractivity contribution in [1.29, 1.82) is 0 Å². The van der Waals surface area contributed by atoms with E-state index in [1.54, 1.807) is 24.3 Å². The van der Waals surface area contributed by atoms with E-state index >= 15 is 0 Å². The summed E-state index contributed by atoms with van der Waals surface area (Å²) in [6, 6.07) is 13.3. The number of phenols is 1. The van der Waals surface area contributed by atoms with Crippen LogP contribution in [0.5, 0.6) is 5.75 Å². The molecule has 0 bridgehead atoms. The molecule has 0 unspecified atom stereocenters. The summed E-state index contributed by atoms with van der Waals surface area (Å²) >= 11 is 0. The van der Waals surface area contributed by atoms with Crippen molar-refractivity contribution in [1.82, 2.24) is 5.32 Å². The Bertz CT molecular complexity index is 1070. The maximum Gasteiger partial charge on any atom is 0.255 e. The number of aliphatic hydroxyl groups is 1. The molecule has 28 heavy (non-hydrogen) atoms. The second-order valence-corrected chi connectivity index (χ2v) is 6.29. The molecular weight excluding hydrogens is 362 g/mol. The lowest BCUT2D eigenvalue weighted by molar-refractivity contribution is 0.0921. The van der Waals surface area contributed by atoms with Crippen LogP contribution < -0.4 is 26.8 Å². The van der Waals surface area contributed by atoms with Gasteiger partial charge in [0.2, 0.25) is 0 Å². The number of aromatic hydroxyl groups is 1. The smallest absolute Gasteiger partial charge is 0.255 e. The number of para-hydroxylation sites is 2. The molecule has 0 saturated heterocycles. The number of hydrogen-bond donors (Lipinski definition) is 5. The van der Waals surface area contributed by atoms with Gasteiger partial charge in [-0.05, 0) is 31.2 Å². The summed E-state index contributed by atoms with van der Waals surface area (Å²) in [6.45, 7) is 1.55. The first-order chi connectivity index (χ1) is 13.4. The number of anilines is 4. The number of hydrogen-bond acceptors (Lipinski definition) is 7. The van der Waals surface area contributed by atoms with Crippen LogP contribution in [0.25, 0.3) is 0 Å². The molecule has 0 aliphatic heterocycles. The van der Waals surface area contributed by atoms with Crippen LogP contribution in [0.4, 0.5) is 22.7 Å². The summed E-state index contributed by atoms with van der Waals surface area (Å²) in [5, 5.41) is 27.7. The van der Waals surface area contributed by atoms with Crippen molar-refractivity contribution < 1.29 is 15.0 Å². The zero-order chi connectivity index (χ0) is 20.3. The van der Waals surface area contributed by atoms with Crippen molar-refractivity contribution in [3.8, 4) is 5.75 Å². The lowest BCUT2D eigenvalue weighted by Crippen LogP contribution is -2.35. The van der Waals surface area contributed by atoms with Gasteiger partial charge in [0.05, 0.1) is 17.4 Å². The summed E-state index contributed by atoms with van der Waals surface area (Å²) in [6.07, 6.45) is -0.734. The van der Waals surface area contributed by atoms with Crippen LogP contribution in [0.1, 0.15) is 17.3 Å². The molecule has 0 fully saturated rings. The van der Waals surface area contributed by atoms with E-state index in [1.165, 1.54) is 25.1 Å². The summed E-state index contributed by atoms with van der Waals surface area (Å²) in [5.41, 5.74) is -0.591. The van der Waals surface area contributed by atoms with Crippen molar-refractivity contribution in [2.24, 2.45) is 0 Å². The number of phenolic OH excluding ortho intramolecular Hbond substituents is 1. The zero-order valence-electron chi connectivity index (χ0n) is 15.0. The van der Waals surface area contributed by atoms with Crippen LogP contribution in [0.3, 0.4) is 0 Å². The number of nitrogens with one attached hydrogen (secondary N) is 3. The highest BCUT2D eigenvalue weighted by Crippen LogP contribution is 2.32. The van der Waals surface area contributed by atoms with E-state index in [9.17, 15) is 24.6 Å². The monoisotopic (exact) mass is 381 g/mol. The van der Waals surface area contributed by atoms with Crippen molar-refractivity contribution in [3.63, 3.8) is 0 Å². The van der Waals surface area contributed by atoms with Crippen molar-refractivity contribution >= 4 is 28.7 Å². The molecule has 8 heteroatoms. The lowest BCUT2D eigenvalue weighted by Gasteiger charge is -2.17. The third kappa shape index (κ3) is 3.86. The van der Waals surface area contributed by atoms with E-state index in [-0.39, 0.29) is 34.9 Å². The number of carbonyl (C=O) groups is 1. The number of carbonyl (C=O) groups excluding carboxylic acids is 1. The van der Waals surface area contributed by atoms with Gasteiger partial charge in [-0.25, -0.2) is 0 Å². The number of rotatable bonds is 7. The highest BCUT2D eigenvalue weighted by Gasteiger charge is 2.23. The number of benzene rings is 2. The molecule has 3 rings (SSSR count). The summed E-state index contributed by atoms with van der Waals surface area (Å²) in [7, 11) is 0. The molecule has 0 spiro atoms. The summed E-state index contributed by atoms with van der Waals surface area (Å²) in [4.78, 5) is 36.0. The van der Waals surface area contributed by atoms with Gasteiger partial charge in [-0.1, -0.05) is 24.3 Å². The molecule has 144 valence electrons. The summed E-state index contributed by atoms with van der Waals surface area (Å²) < 4.78 is 0. The Morgan fingerprint density at radius 1 is 0.964 bits per heavy atom. The van der Waals surface area contributed by atoms with Gasteiger partial charge in [-0.15, -0.1) is 0 Å². The molecule has 8 nitrogen and oxygen atoms in total. The quantitative estimate of drug-likeness (QED) is 0.311. The first kappa shape index (κ1) is 19.1. The Morgan fingerprint density at radius 3 is 2.25 bits per heavy atom. The first-order valence-electron chi connectivity index (χ1n) is 8.59. The SMILES string of the molecule is C[C@@H](O)CNC(=O)c1cccc(Nc2c(Nc3ccccc3)c(=O)c2=O)c1O. The third-order valence-electron chi connectivity index (χ3n) is 4.05. The van der Waals surface area contributed by atoms with E-state index in [4.69, 9.17) is 0 Å². The normalized spacial score (nSPS) is 11.8. The van der Waals surface area contributed by atoms with Crippen LogP contribution >= 0.6 is 0 Å². The van der Waals surface area contributed by atoms with Crippen LogP contribution in [0.2, 0.25) is 0 Å². The molecule has 1 amide bonds. The molecule has 1 atom stereocenters. The Hall–Kier alpha value is -3.65. The van der Waals surface area contributed by atoms with Crippen LogP contribution in [0.15, 0.2) is 58.1 Å². The second kappa shape index (κ2) is 7.93. The van der Waals surface area contributed by atoms with E-state index in [0.717, 1.165) is 0 Å². The summed E-state index contributed by atoms with van der Waals surface area (Å²) in [5.74, 6) is -0.945. The minimum atomic E-state index is -0.734. The van der Waals surface area contributed by atoms with Gasteiger partial charge in [-0.3, -0.25) is 14.4 Å². The van der Waals surface area contributed by atoms with E-state index < -0.39 is 22.9 Å². The van der Waals surface area contributed by atoms with Gasteiger partial charge in [0.1, 0.15) is 11.4 Å². The predicted molar refractivity (Wildman–Crippen MR) is 106 cm³/mol. The van der Waals surface area contributed by atoms with Crippen molar-refractivity contribution in [2.45, 2.75) is 13.0 Å². The van der Waals surface area contributed by atoms with E-state index in [0.29, 0.717) is 5.69 Å². The zero-order valence-corrected chi connectivity index (χ0v) is 15.0. The fourth-order valence-corrected chi connectivity index (χ4v) is 2.59. The Balaban J connectivity index is 1.84. The van der Waals surface area contributed by atoms with Gasteiger partial charge < -0.3 is 26.2 Å². The Kier molecular flexibility index (Phi) is 5.42. The van der Waals surface area contributed by atoms with Crippen LogP contribution in [-0.2, 0) is 0 Å². The molecular formula is C20H19N3O5. The molecule has 0 saturated carbocycles. The highest BCUT2D eigenvalue weighted by atomic mass is 16.3. The predicted octanol–water partition coefficient (Wildman–Crippen LogP) is 1.59. The first-order valence-corrected chi connectivity index (χ1v) is 8.59. The minimum absolute atomic E-state index is 0.00527. The van der Waals surface area contributed by atoms with Gasteiger partial charge in [0, 0.05) is 12.2 Å². The highest BCUT2D eigenvalue weighted by molar-refractivity contribution is 5.99. The Morgan fingerprint density at radius 2 is 1.61 bits per heavy atom. The van der Waals surface area contributed by atoms with Gasteiger partial charge >= 0.3 is 0 Å². The van der Waals surface area contributed by atoms with Crippen molar-refractivity contribution in [3.05, 3.63) is 74.5 Å². The van der Waals surface area contributed by atoms with Crippen LogP contribution in [0, 0.1) is 0 Å². The molecule has 0 aliphatic carbocycles. The molecule has 0 heterocycles. The minimum Gasteiger partial charge on any atom is -0.505 e. The molecule has 3 aromatic carbocycles. The number of amides is 1. The van der Waals surface area contributed by atoms with Gasteiger partial charge in [-0.2, -0.15) is 0 Å². The third-order valence-corrected chi connectivity index (χ3v) is 4.05. The van der Waals surface area contributed by atoms with E-state index in [1.807, 2.05) is 6.07 Å². The fraction of sp³-hybridized carbons (Fsp3) is 0.150. The van der Waals surface area contributed by atoms with Crippen molar-refractivity contribution in [2.75, 3.05) is 17.2 Å². The molecule has 3 aromatic rings. The maximum absolute atomic E-state index is 12.2. The van der Waals surface area contributed by atoms with Gasteiger partial charge in [0.15, 0.2) is 5.75 Å². The average molecular weight is 381 g/mol. The second-order valence-electron chi connectivity index (χ2n) is 6.29. The average Bonchev–Trinajstić information content (AvgIpc) is 2.70.